The minimum Gasteiger partial charge on any atom is -0.475 e. The Balaban J connectivity index is 0.000000363. The summed E-state index contributed by atoms with van der Waals surface area (Å²) in [6, 6.07) is 6.83. The van der Waals surface area contributed by atoms with Crippen molar-refractivity contribution in [3.05, 3.63) is 30.1 Å². The molecule has 3 aliphatic rings. The van der Waals surface area contributed by atoms with Crippen LogP contribution in [0.5, 0.6) is 0 Å². The molecule has 3 N–H and O–H groups in total. The molecule has 3 fully saturated rings. The van der Waals surface area contributed by atoms with Crippen molar-refractivity contribution >= 4 is 17.9 Å². The van der Waals surface area contributed by atoms with Gasteiger partial charge in [0.05, 0.1) is 11.8 Å². The molecule has 19 heteroatoms. The molecule has 1 aromatic heterocycles. The van der Waals surface area contributed by atoms with Gasteiger partial charge in [0.25, 0.3) is 0 Å². The lowest BCUT2D eigenvalue weighted by molar-refractivity contribution is -0.193. The van der Waals surface area contributed by atoms with Crippen molar-refractivity contribution in [3.63, 3.8) is 0 Å². The van der Waals surface area contributed by atoms with Gasteiger partial charge in [-0.2, -0.15) is 39.5 Å². The number of piperidine rings is 1. The summed E-state index contributed by atoms with van der Waals surface area (Å²) in [6.07, 6.45) is -7.61. The summed E-state index contributed by atoms with van der Waals surface area (Å²) in [4.78, 5) is 36.5. The third kappa shape index (κ3) is 14.2. The second-order valence-electron chi connectivity index (χ2n) is 9.47. The summed E-state index contributed by atoms with van der Waals surface area (Å²) in [5.41, 5.74) is 1.19. The van der Waals surface area contributed by atoms with Crippen molar-refractivity contribution in [2.75, 3.05) is 32.8 Å². The molecule has 0 bridgehead atoms. The molecule has 3 aliphatic heterocycles. The number of ether oxygens (including phenoxy) is 1. The van der Waals surface area contributed by atoms with Gasteiger partial charge in [0.15, 0.2) is 0 Å². The third-order valence-corrected chi connectivity index (χ3v) is 6.26. The maximum absolute atomic E-state index is 10.6. The lowest BCUT2D eigenvalue weighted by Crippen LogP contribution is -2.60. The van der Waals surface area contributed by atoms with Gasteiger partial charge in [-0.3, -0.25) is 14.8 Å². The molecule has 0 aromatic carbocycles. The van der Waals surface area contributed by atoms with E-state index in [1.54, 1.807) is 0 Å². The number of carbonyl (C=O) groups is 3. The summed E-state index contributed by atoms with van der Waals surface area (Å²) in [7, 11) is 0. The predicted octanol–water partition coefficient (Wildman–Crippen LogP) is 4.06. The van der Waals surface area contributed by atoms with Crippen LogP contribution >= 0.6 is 0 Å². The second-order valence-corrected chi connectivity index (χ2v) is 9.47. The third-order valence-electron chi connectivity index (χ3n) is 6.26. The number of aliphatic carboxylic acids is 3. The van der Waals surface area contributed by atoms with Crippen LogP contribution in [0, 0.1) is 5.92 Å². The number of nitrogens with zero attached hydrogens (tertiary/aromatic N) is 3. The van der Waals surface area contributed by atoms with E-state index >= 15 is 0 Å². The van der Waals surface area contributed by atoms with E-state index in [1.807, 2.05) is 12.3 Å². The van der Waals surface area contributed by atoms with Crippen LogP contribution in [0.15, 0.2) is 24.4 Å². The maximum Gasteiger partial charge on any atom is 0.490 e. The number of carboxylic acid groups (broad SMARTS) is 3. The fraction of sp³-hybridized carbons (Fsp3) is 0.667. The largest absolute Gasteiger partial charge is 0.490 e. The highest BCUT2D eigenvalue weighted by atomic mass is 19.4. The molecule has 0 saturated carbocycles. The topological polar surface area (TPSA) is 140 Å². The van der Waals surface area contributed by atoms with Crippen LogP contribution < -0.4 is 0 Å². The lowest BCUT2D eigenvalue weighted by atomic mass is 9.84. The fourth-order valence-electron chi connectivity index (χ4n) is 4.51. The Morgan fingerprint density at radius 3 is 1.72 bits per heavy atom. The lowest BCUT2D eigenvalue weighted by Gasteiger charge is -2.48. The van der Waals surface area contributed by atoms with E-state index in [0.717, 1.165) is 19.7 Å². The molecular weight excluding hydrogens is 613 g/mol. The number of aromatic nitrogens is 1. The Labute approximate surface area is 239 Å². The van der Waals surface area contributed by atoms with E-state index in [2.05, 4.69) is 26.9 Å². The molecule has 43 heavy (non-hydrogen) atoms. The molecule has 0 aliphatic carbocycles. The van der Waals surface area contributed by atoms with Crippen LogP contribution in [0.2, 0.25) is 0 Å². The highest BCUT2D eigenvalue weighted by Gasteiger charge is 2.42. The van der Waals surface area contributed by atoms with Gasteiger partial charge in [0.2, 0.25) is 0 Å². The fourth-order valence-corrected chi connectivity index (χ4v) is 4.51. The van der Waals surface area contributed by atoms with Gasteiger partial charge in [0, 0.05) is 38.5 Å². The molecule has 246 valence electrons. The van der Waals surface area contributed by atoms with Gasteiger partial charge in [-0.25, -0.2) is 14.4 Å². The summed E-state index contributed by atoms with van der Waals surface area (Å²) < 4.78 is 101. The van der Waals surface area contributed by atoms with Crippen molar-refractivity contribution in [3.8, 4) is 0 Å². The Bertz CT molecular complexity index is 961. The van der Waals surface area contributed by atoms with E-state index in [9.17, 15) is 39.5 Å². The molecule has 3 atom stereocenters. The SMILES string of the molecule is O=C(O)C(F)(F)F.O=C(O)C(F)(F)F.O=C(O)C(F)(F)F.c1ccc(CN2C[C@@H]3CCCO[C@@H]3[C@H](N3CCCC3)C2)nc1. The summed E-state index contributed by atoms with van der Waals surface area (Å²) >= 11 is 0. The minimum atomic E-state index is -5.08. The Kier molecular flexibility index (Phi) is 14.6. The number of fused-ring (bicyclic) bond motifs is 1. The van der Waals surface area contributed by atoms with Gasteiger partial charge in [-0.15, -0.1) is 0 Å². The Hall–Kier alpha value is -3.19. The molecule has 4 rings (SSSR count). The molecule has 4 heterocycles. The van der Waals surface area contributed by atoms with E-state index in [0.29, 0.717) is 18.1 Å². The average Bonchev–Trinajstić information content (AvgIpc) is 3.43. The van der Waals surface area contributed by atoms with Crippen molar-refractivity contribution in [1.29, 1.82) is 0 Å². The number of carboxylic acids is 3. The standard InChI is InChI=1S/C18H27N3O.3C2HF3O2/c1-2-8-19-16(7-1)13-20-12-15-6-5-11-22-18(15)17(14-20)21-9-3-4-10-21;3*3-2(4,5)1(6)7/h1-2,7-8,15,17-18H,3-6,9-14H2;3*(H,6,7)/t15-,17+,18-;;;/m0.../s1. The van der Waals surface area contributed by atoms with Gasteiger partial charge >= 0.3 is 36.4 Å². The van der Waals surface area contributed by atoms with Crippen LogP contribution in [0.3, 0.4) is 0 Å². The van der Waals surface area contributed by atoms with E-state index in [1.165, 1.54) is 51.0 Å². The van der Waals surface area contributed by atoms with Crippen LogP contribution in [0.4, 0.5) is 39.5 Å². The molecule has 0 spiro atoms. The molecular formula is C24H30F9N3O7. The van der Waals surface area contributed by atoms with Gasteiger partial charge in [0.1, 0.15) is 0 Å². The van der Waals surface area contributed by atoms with Crippen molar-refractivity contribution < 1.29 is 74.0 Å². The van der Waals surface area contributed by atoms with Gasteiger partial charge < -0.3 is 20.1 Å². The molecule has 10 nitrogen and oxygen atoms in total. The van der Waals surface area contributed by atoms with Crippen LogP contribution in [0.25, 0.3) is 0 Å². The van der Waals surface area contributed by atoms with E-state index < -0.39 is 36.4 Å². The van der Waals surface area contributed by atoms with Crippen LogP contribution in [-0.4, -0.2) is 111 Å². The van der Waals surface area contributed by atoms with Crippen molar-refractivity contribution in [2.24, 2.45) is 5.92 Å². The smallest absolute Gasteiger partial charge is 0.475 e. The van der Waals surface area contributed by atoms with Gasteiger partial charge in [-0.1, -0.05) is 6.07 Å². The summed E-state index contributed by atoms with van der Waals surface area (Å²) in [5.74, 6) is -7.57. The van der Waals surface area contributed by atoms with Crippen molar-refractivity contribution in [2.45, 2.75) is 62.9 Å². The van der Waals surface area contributed by atoms with E-state index in [-0.39, 0.29) is 0 Å². The summed E-state index contributed by atoms with van der Waals surface area (Å²) in [5, 5.41) is 21.4. The quantitative estimate of drug-likeness (QED) is 0.414. The molecule has 0 amide bonds. The zero-order valence-electron chi connectivity index (χ0n) is 22.3. The first-order valence-electron chi connectivity index (χ1n) is 12.6. The first-order valence-corrected chi connectivity index (χ1v) is 12.6. The maximum atomic E-state index is 10.6. The van der Waals surface area contributed by atoms with E-state index in [4.69, 9.17) is 34.4 Å². The first-order chi connectivity index (χ1) is 19.7. The molecule has 1 aromatic rings. The Morgan fingerprint density at radius 2 is 1.30 bits per heavy atom. The highest BCUT2D eigenvalue weighted by molar-refractivity contribution is 5.73. The molecule has 0 radical (unpaired) electrons. The molecule has 0 unspecified atom stereocenters. The molecule has 3 saturated heterocycles. The monoisotopic (exact) mass is 643 g/mol. The Morgan fingerprint density at radius 1 is 0.814 bits per heavy atom. The number of likely N-dealkylation sites (tertiary alicyclic amines) is 2. The summed E-state index contributed by atoms with van der Waals surface area (Å²) in [6.45, 7) is 6.77. The number of hydrogen-bond donors (Lipinski definition) is 3. The minimum absolute atomic E-state index is 0.465. The van der Waals surface area contributed by atoms with Gasteiger partial charge in [-0.05, 0) is 56.8 Å². The number of alkyl halides is 9. The zero-order chi connectivity index (χ0) is 33.0. The average molecular weight is 643 g/mol. The normalized spacial score (nSPS) is 22.8. The predicted molar refractivity (Wildman–Crippen MR) is 128 cm³/mol. The number of hydrogen-bond acceptors (Lipinski definition) is 7. The number of pyridine rings is 1. The zero-order valence-corrected chi connectivity index (χ0v) is 22.3. The van der Waals surface area contributed by atoms with Crippen LogP contribution in [-0.2, 0) is 25.7 Å². The second kappa shape index (κ2) is 16.6. The highest BCUT2D eigenvalue weighted by Crippen LogP contribution is 2.33. The van der Waals surface area contributed by atoms with Crippen LogP contribution in [0.1, 0.15) is 31.4 Å². The number of rotatable bonds is 3. The number of halogens is 9. The van der Waals surface area contributed by atoms with Crippen molar-refractivity contribution in [1.82, 2.24) is 14.8 Å². The first kappa shape index (κ1) is 37.8.